The number of imide groups is 1. The average molecular weight is 569 g/mol. The molecule has 0 radical (unpaired) electrons. The Balaban J connectivity index is 1.16. The summed E-state index contributed by atoms with van der Waals surface area (Å²) in [6.07, 6.45) is 1.97. The van der Waals surface area contributed by atoms with E-state index in [9.17, 15) is 24.0 Å². The van der Waals surface area contributed by atoms with Crippen molar-refractivity contribution in [1.29, 1.82) is 0 Å². The summed E-state index contributed by atoms with van der Waals surface area (Å²) in [6, 6.07) is 5.27. The topological polar surface area (TPSA) is 126 Å². The summed E-state index contributed by atoms with van der Waals surface area (Å²) < 4.78 is 8.51. The van der Waals surface area contributed by atoms with Crippen molar-refractivity contribution in [3.8, 4) is 0 Å². The normalized spacial score (nSPS) is 21.3. The number of aromatic nitrogens is 2. The summed E-state index contributed by atoms with van der Waals surface area (Å²) in [5, 5.41) is 2.34. The Bertz CT molecular complexity index is 1410. The number of hydrogen-bond acceptors (Lipinski definition) is 7. The lowest BCUT2D eigenvalue weighted by atomic mass is 9.89. The van der Waals surface area contributed by atoms with Crippen LogP contribution in [-0.4, -0.2) is 99.1 Å². The second kappa shape index (κ2) is 11.3. The van der Waals surface area contributed by atoms with Crippen molar-refractivity contribution in [2.75, 3.05) is 45.8 Å². The van der Waals surface area contributed by atoms with Crippen LogP contribution in [0, 0.1) is 0 Å². The van der Waals surface area contributed by atoms with E-state index in [1.54, 1.807) is 16.5 Å². The molecule has 2 aromatic rings. The van der Waals surface area contributed by atoms with Crippen LogP contribution in [0.2, 0.25) is 0 Å². The zero-order valence-corrected chi connectivity index (χ0v) is 24.4. The van der Waals surface area contributed by atoms with E-state index in [4.69, 9.17) is 4.74 Å². The van der Waals surface area contributed by atoms with E-state index >= 15 is 0 Å². The van der Waals surface area contributed by atoms with E-state index in [-0.39, 0.29) is 30.0 Å². The van der Waals surface area contributed by atoms with Gasteiger partial charge in [0.2, 0.25) is 17.7 Å². The van der Waals surface area contributed by atoms with Gasteiger partial charge in [-0.05, 0) is 76.7 Å². The Morgan fingerprint density at radius 3 is 2.22 bits per heavy atom. The van der Waals surface area contributed by atoms with Crippen LogP contribution in [-0.2, 0) is 26.2 Å². The van der Waals surface area contributed by atoms with Gasteiger partial charge in [0.15, 0.2) is 0 Å². The van der Waals surface area contributed by atoms with Crippen molar-refractivity contribution in [1.82, 2.24) is 29.2 Å². The van der Waals surface area contributed by atoms with Crippen LogP contribution in [0.15, 0.2) is 23.0 Å². The predicted octanol–water partition coefficient (Wildman–Crippen LogP) is 1.58. The van der Waals surface area contributed by atoms with Crippen LogP contribution in [0.5, 0.6) is 0 Å². The maximum Gasteiger partial charge on any atom is 0.410 e. The number of ether oxygens (including phenoxy) is 1. The summed E-state index contributed by atoms with van der Waals surface area (Å²) in [6.45, 7) is 9.43. The summed E-state index contributed by atoms with van der Waals surface area (Å²) in [5.74, 6) is -0.363. The minimum Gasteiger partial charge on any atom is -0.444 e. The molecule has 5 rings (SSSR count). The molecule has 3 fully saturated rings. The standard InChI is InChI=1S/C29H40N6O6/c1-29(2,3)41-28(40)34-15-13-33(14-16-34)25(37)18-32-11-9-19(10-12-32)20-5-6-21-23(17-20)31(4)27(39)35(21)22-7-8-24(36)30-26(22)38/h5-6,17,19,22H,7-16,18H2,1-4H3,(H,30,36,38). The average Bonchev–Trinajstić information content (AvgIpc) is 3.17. The largest absolute Gasteiger partial charge is 0.444 e. The number of nitrogens with one attached hydrogen (secondary N) is 1. The number of carbonyl (C=O) groups is 4. The maximum atomic E-state index is 13.1. The first-order valence-electron chi connectivity index (χ1n) is 14.4. The number of likely N-dealkylation sites (tertiary alicyclic amines) is 1. The lowest BCUT2D eigenvalue weighted by Gasteiger charge is -2.37. The van der Waals surface area contributed by atoms with Crippen molar-refractivity contribution in [3.63, 3.8) is 0 Å². The molecule has 3 aliphatic heterocycles. The highest BCUT2D eigenvalue weighted by Gasteiger charge is 2.32. The molecule has 41 heavy (non-hydrogen) atoms. The molecule has 1 N–H and O–H groups in total. The number of amides is 4. The van der Waals surface area contributed by atoms with Gasteiger partial charge in [0.1, 0.15) is 11.6 Å². The van der Waals surface area contributed by atoms with Crippen LogP contribution in [0.4, 0.5) is 4.79 Å². The highest BCUT2D eigenvalue weighted by atomic mass is 16.6. The highest BCUT2D eigenvalue weighted by Crippen LogP contribution is 2.31. The number of fused-ring (bicyclic) bond motifs is 1. The smallest absolute Gasteiger partial charge is 0.410 e. The van der Waals surface area contributed by atoms with Gasteiger partial charge in [-0.2, -0.15) is 0 Å². The number of carbonyl (C=O) groups excluding carboxylic acids is 4. The van der Waals surface area contributed by atoms with Crippen molar-refractivity contribution < 1.29 is 23.9 Å². The fraction of sp³-hybridized carbons (Fsp3) is 0.621. The molecule has 0 bridgehead atoms. The van der Waals surface area contributed by atoms with Gasteiger partial charge in [0.05, 0.1) is 17.6 Å². The molecule has 1 unspecified atom stereocenters. The third-order valence-electron chi connectivity index (χ3n) is 8.34. The Morgan fingerprint density at radius 2 is 1.59 bits per heavy atom. The minimum absolute atomic E-state index is 0.0819. The van der Waals surface area contributed by atoms with Gasteiger partial charge in [0.25, 0.3) is 0 Å². The van der Waals surface area contributed by atoms with Gasteiger partial charge < -0.3 is 14.5 Å². The number of rotatable bonds is 4. The van der Waals surface area contributed by atoms with Gasteiger partial charge in [0, 0.05) is 39.6 Å². The van der Waals surface area contributed by atoms with Crippen LogP contribution < -0.4 is 11.0 Å². The van der Waals surface area contributed by atoms with Gasteiger partial charge in [-0.1, -0.05) is 6.07 Å². The molecule has 222 valence electrons. The van der Waals surface area contributed by atoms with E-state index < -0.39 is 17.6 Å². The molecule has 4 amide bonds. The van der Waals surface area contributed by atoms with Gasteiger partial charge in [-0.3, -0.25) is 33.7 Å². The molecule has 0 aliphatic carbocycles. The molecule has 1 aromatic carbocycles. The number of benzene rings is 1. The molecule has 0 saturated carbocycles. The Kier molecular flexibility index (Phi) is 7.95. The zero-order valence-electron chi connectivity index (χ0n) is 24.4. The molecular formula is C29H40N6O6. The molecule has 12 nitrogen and oxygen atoms in total. The summed E-state index contributed by atoms with van der Waals surface area (Å²) in [7, 11) is 1.71. The van der Waals surface area contributed by atoms with E-state index in [2.05, 4.69) is 10.2 Å². The molecular weight excluding hydrogens is 528 g/mol. The molecule has 3 saturated heterocycles. The van der Waals surface area contributed by atoms with Crippen molar-refractivity contribution >= 4 is 34.8 Å². The first-order valence-corrected chi connectivity index (χ1v) is 14.4. The van der Waals surface area contributed by atoms with Gasteiger partial charge in [-0.15, -0.1) is 0 Å². The Morgan fingerprint density at radius 1 is 0.927 bits per heavy atom. The van der Waals surface area contributed by atoms with Crippen LogP contribution >= 0.6 is 0 Å². The van der Waals surface area contributed by atoms with Gasteiger partial charge >= 0.3 is 11.8 Å². The molecule has 12 heteroatoms. The van der Waals surface area contributed by atoms with Gasteiger partial charge in [-0.25, -0.2) is 9.59 Å². The molecule has 1 aromatic heterocycles. The number of aryl methyl sites for hydroxylation is 1. The minimum atomic E-state index is -0.698. The number of nitrogens with zero attached hydrogens (tertiary/aromatic N) is 5. The quantitative estimate of drug-likeness (QED) is 0.555. The molecule has 4 heterocycles. The van der Waals surface area contributed by atoms with Crippen molar-refractivity contribution in [3.05, 3.63) is 34.2 Å². The lowest BCUT2D eigenvalue weighted by molar-refractivity contribution is -0.136. The van der Waals surface area contributed by atoms with E-state index in [0.29, 0.717) is 50.6 Å². The van der Waals surface area contributed by atoms with E-state index in [1.807, 2.05) is 43.9 Å². The fourth-order valence-electron chi connectivity index (χ4n) is 6.04. The predicted molar refractivity (Wildman–Crippen MR) is 151 cm³/mol. The second-order valence-corrected chi connectivity index (χ2v) is 12.3. The zero-order chi connectivity index (χ0) is 29.5. The third kappa shape index (κ3) is 6.17. The first-order chi connectivity index (χ1) is 19.4. The number of hydrogen-bond donors (Lipinski definition) is 1. The van der Waals surface area contributed by atoms with Crippen molar-refractivity contribution in [2.24, 2.45) is 7.05 Å². The molecule has 1 atom stereocenters. The highest BCUT2D eigenvalue weighted by molar-refractivity contribution is 6.00. The SMILES string of the molecule is Cn1c(=O)n(C2CCC(=O)NC2=O)c2ccc(C3CCN(CC(=O)N4CCN(C(=O)OC(C)(C)C)CC4)CC3)cc21. The van der Waals surface area contributed by atoms with Crippen LogP contribution in [0.1, 0.15) is 64.0 Å². The third-order valence-corrected chi connectivity index (χ3v) is 8.34. The fourth-order valence-corrected chi connectivity index (χ4v) is 6.04. The summed E-state index contributed by atoms with van der Waals surface area (Å²) in [4.78, 5) is 68.1. The van der Waals surface area contributed by atoms with Crippen molar-refractivity contribution in [2.45, 2.75) is 64.0 Å². The monoisotopic (exact) mass is 568 g/mol. The summed E-state index contributed by atoms with van der Waals surface area (Å²) in [5.41, 5.74) is 1.77. The second-order valence-electron chi connectivity index (χ2n) is 12.3. The first kappa shape index (κ1) is 28.8. The lowest BCUT2D eigenvalue weighted by Crippen LogP contribution is -2.53. The number of piperidine rings is 2. The van der Waals surface area contributed by atoms with Crippen LogP contribution in [0.25, 0.3) is 11.0 Å². The van der Waals surface area contributed by atoms with E-state index in [0.717, 1.165) is 37.0 Å². The Labute approximate surface area is 239 Å². The summed E-state index contributed by atoms with van der Waals surface area (Å²) >= 11 is 0. The maximum absolute atomic E-state index is 13.1. The molecule has 0 spiro atoms. The molecule has 3 aliphatic rings. The Hall–Kier alpha value is -3.67. The number of piperazine rings is 1. The number of imidazole rings is 1. The van der Waals surface area contributed by atoms with Crippen LogP contribution in [0.3, 0.4) is 0 Å². The van der Waals surface area contributed by atoms with E-state index in [1.165, 1.54) is 4.57 Å².